The summed E-state index contributed by atoms with van der Waals surface area (Å²) < 4.78 is 25.3. The zero-order chi connectivity index (χ0) is 14.8. The minimum atomic E-state index is -2.95. The number of sulfone groups is 1. The van der Waals surface area contributed by atoms with E-state index in [2.05, 4.69) is 6.07 Å². The summed E-state index contributed by atoms with van der Waals surface area (Å²) in [6.07, 6.45) is 2.84. The van der Waals surface area contributed by atoms with Crippen LogP contribution in [0, 0.1) is 0 Å². The fourth-order valence-electron chi connectivity index (χ4n) is 2.40. The molecule has 0 saturated carbocycles. The highest BCUT2D eigenvalue weighted by molar-refractivity contribution is 7.91. The highest BCUT2D eigenvalue weighted by Gasteiger charge is 2.12. The molecular formula is C15H22N2O2S. The van der Waals surface area contributed by atoms with E-state index < -0.39 is 9.84 Å². The van der Waals surface area contributed by atoms with Crippen LogP contribution in [0.5, 0.6) is 0 Å². The van der Waals surface area contributed by atoms with Gasteiger partial charge in [-0.25, -0.2) is 8.42 Å². The second-order valence-corrected chi connectivity index (χ2v) is 7.76. The van der Waals surface area contributed by atoms with Gasteiger partial charge in [-0.15, -0.1) is 0 Å². The Kier molecular flexibility index (Phi) is 4.50. The molecule has 1 unspecified atom stereocenters. The summed E-state index contributed by atoms with van der Waals surface area (Å²) in [5.74, 6) is 0.374. The van der Waals surface area contributed by atoms with E-state index >= 15 is 0 Å². The molecule has 1 atom stereocenters. The molecule has 0 aliphatic heterocycles. The summed E-state index contributed by atoms with van der Waals surface area (Å²) >= 11 is 0. The first-order valence-corrected chi connectivity index (χ1v) is 8.78. The number of para-hydroxylation sites is 1. The van der Waals surface area contributed by atoms with Crippen LogP contribution < -0.4 is 5.73 Å². The van der Waals surface area contributed by atoms with Crippen molar-refractivity contribution in [1.29, 1.82) is 0 Å². The van der Waals surface area contributed by atoms with Crippen molar-refractivity contribution in [3.8, 4) is 0 Å². The maximum atomic E-state index is 11.7. The Hall–Kier alpha value is -1.33. The summed E-state index contributed by atoms with van der Waals surface area (Å²) in [4.78, 5) is 0. The molecule has 2 N–H and O–H groups in total. The molecular weight excluding hydrogens is 272 g/mol. The Labute approximate surface area is 120 Å². The van der Waals surface area contributed by atoms with Crippen molar-refractivity contribution in [2.45, 2.75) is 32.9 Å². The standard InChI is InChI=1S/C15H22N2O2S/c1-3-20(18,19)9-8-17-11-13(10-12(2)16)14-6-4-5-7-15(14)17/h4-7,11-12H,3,8-10,16H2,1-2H3. The molecule has 20 heavy (non-hydrogen) atoms. The normalized spacial score (nSPS) is 13.8. The van der Waals surface area contributed by atoms with E-state index in [9.17, 15) is 8.42 Å². The number of nitrogens with two attached hydrogens (primary N) is 1. The molecule has 5 heteroatoms. The van der Waals surface area contributed by atoms with Gasteiger partial charge in [0.15, 0.2) is 9.84 Å². The molecule has 1 aromatic carbocycles. The van der Waals surface area contributed by atoms with Gasteiger partial charge in [0, 0.05) is 35.4 Å². The molecule has 0 radical (unpaired) electrons. The van der Waals surface area contributed by atoms with Crippen molar-refractivity contribution >= 4 is 20.7 Å². The van der Waals surface area contributed by atoms with E-state index in [1.165, 1.54) is 10.9 Å². The van der Waals surface area contributed by atoms with Crippen molar-refractivity contribution < 1.29 is 8.42 Å². The van der Waals surface area contributed by atoms with Gasteiger partial charge in [0.05, 0.1) is 5.75 Å². The Balaban J connectivity index is 2.34. The van der Waals surface area contributed by atoms with Crippen LogP contribution in [-0.4, -0.2) is 30.5 Å². The lowest BCUT2D eigenvalue weighted by Gasteiger charge is -2.05. The van der Waals surface area contributed by atoms with Crippen molar-refractivity contribution in [3.05, 3.63) is 36.0 Å². The van der Waals surface area contributed by atoms with E-state index in [0.29, 0.717) is 6.54 Å². The van der Waals surface area contributed by atoms with E-state index in [1.807, 2.05) is 35.9 Å². The van der Waals surface area contributed by atoms with Crippen LogP contribution in [0.25, 0.3) is 10.9 Å². The molecule has 1 heterocycles. The topological polar surface area (TPSA) is 65.1 Å². The maximum Gasteiger partial charge on any atom is 0.151 e. The number of aromatic nitrogens is 1. The van der Waals surface area contributed by atoms with Crippen molar-refractivity contribution in [2.75, 3.05) is 11.5 Å². The fraction of sp³-hybridized carbons (Fsp3) is 0.467. The summed E-state index contributed by atoms with van der Waals surface area (Å²) in [5, 5.41) is 1.17. The number of hydrogen-bond donors (Lipinski definition) is 1. The van der Waals surface area contributed by atoms with Crippen molar-refractivity contribution in [3.63, 3.8) is 0 Å². The maximum absolute atomic E-state index is 11.7. The smallest absolute Gasteiger partial charge is 0.151 e. The SMILES string of the molecule is CCS(=O)(=O)CCn1cc(CC(C)N)c2ccccc21. The lowest BCUT2D eigenvalue weighted by molar-refractivity contribution is 0.591. The van der Waals surface area contributed by atoms with Gasteiger partial charge in [0.1, 0.15) is 0 Å². The van der Waals surface area contributed by atoms with Gasteiger partial charge in [0.25, 0.3) is 0 Å². The summed E-state index contributed by atoms with van der Waals surface area (Å²) in [5.41, 5.74) is 8.15. The zero-order valence-electron chi connectivity index (χ0n) is 12.0. The highest BCUT2D eigenvalue weighted by Crippen LogP contribution is 2.22. The number of benzene rings is 1. The second-order valence-electron chi connectivity index (χ2n) is 5.28. The average Bonchev–Trinajstić information content (AvgIpc) is 2.75. The first-order chi connectivity index (χ1) is 9.43. The molecule has 0 spiro atoms. The first-order valence-electron chi connectivity index (χ1n) is 6.95. The van der Waals surface area contributed by atoms with E-state index in [1.54, 1.807) is 6.92 Å². The number of nitrogens with zero attached hydrogens (tertiary/aromatic N) is 1. The first kappa shape index (κ1) is 15.1. The number of rotatable bonds is 6. The summed E-state index contributed by atoms with van der Waals surface area (Å²) in [7, 11) is -2.95. The number of fused-ring (bicyclic) bond motifs is 1. The molecule has 2 aromatic rings. The van der Waals surface area contributed by atoms with Crippen LogP contribution in [-0.2, 0) is 22.8 Å². The van der Waals surface area contributed by atoms with Gasteiger partial charge in [-0.2, -0.15) is 0 Å². The second kappa shape index (κ2) is 5.97. The average molecular weight is 294 g/mol. The highest BCUT2D eigenvalue weighted by atomic mass is 32.2. The number of hydrogen-bond acceptors (Lipinski definition) is 3. The summed E-state index contributed by atoms with van der Waals surface area (Å²) in [6, 6.07) is 8.16. The quantitative estimate of drug-likeness (QED) is 0.886. The molecule has 0 fully saturated rings. The minimum absolute atomic E-state index is 0.0913. The molecule has 0 saturated heterocycles. The summed E-state index contributed by atoms with van der Waals surface area (Å²) in [6.45, 7) is 4.16. The molecule has 4 nitrogen and oxygen atoms in total. The third kappa shape index (κ3) is 3.41. The fourth-order valence-corrected chi connectivity index (χ4v) is 3.16. The van der Waals surface area contributed by atoms with Crippen LogP contribution >= 0.6 is 0 Å². The van der Waals surface area contributed by atoms with Crippen LogP contribution in [0.2, 0.25) is 0 Å². The third-order valence-corrected chi connectivity index (χ3v) is 5.18. The largest absolute Gasteiger partial charge is 0.346 e. The van der Waals surface area contributed by atoms with E-state index in [4.69, 9.17) is 5.73 Å². The molecule has 2 rings (SSSR count). The predicted octanol–water partition coefficient (Wildman–Crippen LogP) is 1.97. The van der Waals surface area contributed by atoms with Crippen LogP contribution in [0.4, 0.5) is 0 Å². The Morgan fingerprint density at radius 1 is 1.30 bits per heavy atom. The van der Waals surface area contributed by atoms with Gasteiger partial charge < -0.3 is 10.3 Å². The number of aryl methyl sites for hydroxylation is 1. The van der Waals surface area contributed by atoms with Crippen LogP contribution in [0.1, 0.15) is 19.4 Å². The van der Waals surface area contributed by atoms with Gasteiger partial charge in [-0.05, 0) is 25.0 Å². The Morgan fingerprint density at radius 2 is 2.00 bits per heavy atom. The molecule has 0 amide bonds. The van der Waals surface area contributed by atoms with Crippen LogP contribution in [0.3, 0.4) is 0 Å². The molecule has 0 bridgehead atoms. The zero-order valence-corrected chi connectivity index (χ0v) is 12.9. The molecule has 0 aliphatic rings. The van der Waals surface area contributed by atoms with Gasteiger partial charge in [0.2, 0.25) is 0 Å². The molecule has 110 valence electrons. The lowest BCUT2D eigenvalue weighted by atomic mass is 10.1. The van der Waals surface area contributed by atoms with E-state index in [-0.39, 0.29) is 17.5 Å². The molecule has 1 aromatic heterocycles. The predicted molar refractivity (Wildman–Crippen MR) is 83.6 cm³/mol. The van der Waals surface area contributed by atoms with E-state index in [0.717, 1.165) is 11.9 Å². The van der Waals surface area contributed by atoms with Gasteiger partial charge in [-0.1, -0.05) is 25.1 Å². The third-order valence-electron chi connectivity index (χ3n) is 3.50. The lowest BCUT2D eigenvalue weighted by Crippen LogP contribution is -2.17. The molecule has 0 aliphatic carbocycles. The van der Waals surface area contributed by atoms with Gasteiger partial charge in [-0.3, -0.25) is 0 Å². The van der Waals surface area contributed by atoms with Crippen molar-refractivity contribution in [1.82, 2.24) is 4.57 Å². The monoisotopic (exact) mass is 294 g/mol. The van der Waals surface area contributed by atoms with Crippen LogP contribution in [0.15, 0.2) is 30.5 Å². The van der Waals surface area contributed by atoms with Gasteiger partial charge >= 0.3 is 0 Å². The Bertz CT molecular complexity index is 687. The Morgan fingerprint density at radius 3 is 2.65 bits per heavy atom. The minimum Gasteiger partial charge on any atom is -0.346 e. The van der Waals surface area contributed by atoms with Crippen molar-refractivity contribution in [2.24, 2.45) is 5.73 Å².